The van der Waals surface area contributed by atoms with Gasteiger partial charge in [-0.3, -0.25) is 9.78 Å². The predicted octanol–water partition coefficient (Wildman–Crippen LogP) is 2.82. The van der Waals surface area contributed by atoms with Crippen molar-refractivity contribution in [2.75, 3.05) is 13.2 Å². The van der Waals surface area contributed by atoms with Gasteiger partial charge in [0.05, 0.1) is 17.1 Å². The number of hydrogen-bond donors (Lipinski definition) is 2. The highest BCUT2D eigenvalue weighted by Crippen LogP contribution is 2.45. The van der Waals surface area contributed by atoms with Gasteiger partial charge in [0.2, 0.25) is 0 Å². The summed E-state index contributed by atoms with van der Waals surface area (Å²) < 4.78 is 11.7. The minimum absolute atomic E-state index is 0.0786. The summed E-state index contributed by atoms with van der Waals surface area (Å²) in [6, 6.07) is 7.07. The maximum atomic E-state index is 13.1. The number of carbonyl (C=O) groups excluding carboxylic acids is 1. The van der Waals surface area contributed by atoms with Gasteiger partial charge in [-0.1, -0.05) is 0 Å². The van der Waals surface area contributed by atoms with Crippen LogP contribution in [0.15, 0.2) is 41.1 Å². The number of aromatic nitrogens is 1. The zero-order valence-electron chi connectivity index (χ0n) is 15.2. The molecule has 3 aromatic rings. The Balaban J connectivity index is 1.75. The average Bonchev–Trinajstić information content (AvgIpc) is 3.06. The molecule has 6 nitrogen and oxygen atoms in total. The maximum Gasteiger partial charge on any atom is 0.197 e. The third kappa shape index (κ3) is 2.81. The molecule has 0 radical (unpaired) electrons. The summed E-state index contributed by atoms with van der Waals surface area (Å²) in [7, 11) is 0. The minimum Gasteiger partial charge on any atom is -0.491 e. The number of ketones is 1. The molecule has 2 heterocycles. The first-order valence-electron chi connectivity index (χ1n) is 8.91. The van der Waals surface area contributed by atoms with Crippen molar-refractivity contribution in [1.82, 2.24) is 4.98 Å². The smallest absolute Gasteiger partial charge is 0.197 e. The predicted molar refractivity (Wildman–Crippen MR) is 99.2 cm³/mol. The third-order valence-corrected chi connectivity index (χ3v) is 5.10. The quantitative estimate of drug-likeness (QED) is 0.720. The zero-order chi connectivity index (χ0) is 19.2. The summed E-state index contributed by atoms with van der Waals surface area (Å²) >= 11 is 0. The summed E-state index contributed by atoms with van der Waals surface area (Å²) in [5, 5.41) is 19.3. The van der Waals surface area contributed by atoms with E-state index in [1.54, 1.807) is 30.6 Å². The van der Waals surface area contributed by atoms with E-state index in [-0.39, 0.29) is 25.4 Å². The molecule has 1 unspecified atom stereocenters. The molecule has 1 aliphatic rings. The average molecular weight is 367 g/mol. The highest BCUT2D eigenvalue weighted by Gasteiger charge is 2.41. The van der Waals surface area contributed by atoms with Gasteiger partial charge in [-0.2, -0.15) is 0 Å². The molecule has 0 spiro atoms. The topological polar surface area (TPSA) is 92.8 Å². The van der Waals surface area contributed by atoms with E-state index in [0.717, 1.165) is 10.9 Å². The van der Waals surface area contributed by atoms with Gasteiger partial charge in [0.25, 0.3) is 0 Å². The van der Waals surface area contributed by atoms with Crippen LogP contribution in [0.25, 0.3) is 11.0 Å². The molecule has 1 atom stereocenters. The van der Waals surface area contributed by atoms with Crippen molar-refractivity contribution in [2.24, 2.45) is 0 Å². The number of hydrogen-bond acceptors (Lipinski definition) is 6. The molecule has 2 aromatic heterocycles. The molecular weight excluding hydrogens is 346 g/mol. The Bertz CT molecular complexity index is 1020. The minimum atomic E-state index is -0.741. The van der Waals surface area contributed by atoms with Gasteiger partial charge >= 0.3 is 0 Å². The first-order valence-corrected chi connectivity index (χ1v) is 8.91. The van der Waals surface area contributed by atoms with Crippen molar-refractivity contribution < 1.29 is 24.2 Å². The molecule has 0 saturated carbocycles. The van der Waals surface area contributed by atoms with Gasteiger partial charge in [0.15, 0.2) is 5.78 Å². The van der Waals surface area contributed by atoms with Crippen LogP contribution in [-0.2, 0) is 5.41 Å². The van der Waals surface area contributed by atoms with E-state index in [0.29, 0.717) is 28.2 Å². The van der Waals surface area contributed by atoms with Crippen molar-refractivity contribution in [1.29, 1.82) is 0 Å². The van der Waals surface area contributed by atoms with Crippen LogP contribution in [0.1, 0.15) is 47.5 Å². The van der Waals surface area contributed by atoms with E-state index in [9.17, 15) is 9.90 Å². The summed E-state index contributed by atoms with van der Waals surface area (Å²) in [6.07, 6.45) is 2.82. The Hall–Kier alpha value is -2.70. The van der Waals surface area contributed by atoms with Crippen LogP contribution in [0.5, 0.6) is 5.75 Å². The highest BCUT2D eigenvalue weighted by molar-refractivity contribution is 6.19. The molecule has 0 aliphatic heterocycles. The number of benzene rings is 1. The largest absolute Gasteiger partial charge is 0.491 e. The van der Waals surface area contributed by atoms with Gasteiger partial charge in [-0.25, -0.2) is 0 Å². The van der Waals surface area contributed by atoms with Crippen LogP contribution in [-0.4, -0.2) is 40.3 Å². The maximum absolute atomic E-state index is 13.1. The van der Waals surface area contributed by atoms with Gasteiger partial charge in [0.1, 0.15) is 23.7 Å². The second kappa shape index (κ2) is 6.48. The molecule has 140 valence electrons. The fraction of sp³-hybridized carbons (Fsp3) is 0.333. The van der Waals surface area contributed by atoms with Gasteiger partial charge in [0, 0.05) is 30.0 Å². The number of aliphatic hydroxyl groups excluding tert-OH is 2. The molecule has 1 aliphatic carbocycles. The molecule has 0 amide bonds. The van der Waals surface area contributed by atoms with Crippen LogP contribution in [0.4, 0.5) is 0 Å². The van der Waals surface area contributed by atoms with Crippen LogP contribution in [0.3, 0.4) is 0 Å². The summed E-state index contributed by atoms with van der Waals surface area (Å²) in [5.74, 6) is 1.10. The van der Waals surface area contributed by atoms with Gasteiger partial charge in [-0.15, -0.1) is 0 Å². The number of aliphatic hydroxyl groups is 2. The molecule has 1 aromatic carbocycles. The summed E-state index contributed by atoms with van der Waals surface area (Å²) in [4.78, 5) is 17.3. The lowest BCUT2D eigenvalue weighted by Gasteiger charge is -2.30. The molecule has 2 N–H and O–H groups in total. The van der Waals surface area contributed by atoms with E-state index in [2.05, 4.69) is 4.98 Å². The van der Waals surface area contributed by atoms with Crippen LogP contribution >= 0.6 is 0 Å². The lowest BCUT2D eigenvalue weighted by Crippen LogP contribution is -2.29. The van der Waals surface area contributed by atoms with Crippen molar-refractivity contribution in [3.8, 4) is 5.75 Å². The second-order valence-corrected chi connectivity index (χ2v) is 7.32. The molecule has 0 fully saturated rings. The Labute approximate surface area is 156 Å². The number of fused-ring (bicyclic) bond motifs is 4. The van der Waals surface area contributed by atoms with E-state index >= 15 is 0 Å². The van der Waals surface area contributed by atoms with E-state index < -0.39 is 11.5 Å². The highest BCUT2D eigenvalue weighted by atomic mass is 16.5. The van der Waals surface area contributed by atoms with Crippen LogP contribution in [0.2, 0.25) is 0 Å². The number of furan rings is 1. The van der Waals surface area contributed by atoms with Crippen molar-refractivity contribution in [3.63, 3.8) is 0 Å². The number of rotatable bonds is 5. The number of ether oxygens (including phenoxy) is 1. The number of nitrogens with zero attached hydrogens (tertiary/aromatic N) is 1. The number of pyridine rings is 1. The van der Waals surface area contributed by atoms with Crippen molar-refractivity contribution in [2.45, 2.75) is 31.8 Å². The molecule has 6 heteroatoms. The Morgan fingerprint density at radius 1 is 1.30 bits per heavy atom. The van der Waals surface area contributed by atoms with Crippen LogP contribution < -0.4 is 4.74 Å². The standard InChI is InChI=1S/C21H21NO5/c1-21(2)16-9-13(26-11-12(24)6-8-23)3-4-14(16)19(25)18-15-10-22-7-5-17(15)27-20(18)21/h3-5,7,9-10,12,23-24H,6,8,11H2,1-2H3. The Morgan fingerprint density at radius 3 is 2.89 bits per heavy atom. The number of carbonyl (C=O) groups is 1. The zero-order valence-corrected chi connectivity index (χ0v) is 15.2. The van der Waals surface area contributed by atoms with E-state index in [4.69, 9.17) is 14.3 Å². The molecular formula is C21H21NO5. The Kier molecular flexibility index (Phi) is 4.25. The van der Waals surface area contributed by atoms with Gasteiger partial charge < -0.3 is 19.4 Å². The lowest BCUT2D eigenvalue weighted by atomic mass is 9.72. The monoisotopic (exact) mass is 367 g/mol. The Morgan fingerprint density at radius 2 is 2.11 bits per heavy atom. The molecule has 27 heavy (non-hydrogen) atoms. The summed E-state index contributed by atoms with van der Waals surface area (Å²) in [6.45, 7) is 4.00. The lowest BCUT2D eigenvalue weighted by molar-refractivity contribution is 0.0820. The van der Waals surface area contributed by atoms with Crippen molar-refractivity contribution in [3.05, 3.63) is 59.1 Å². The fourth-order valence-electron chi connectivity index (χ4n) is 3.62. The second-order valence-electron chi connectivity index (χ2n) is 7.32. The SMILES string of the molecule is CC1(C)c2cc(OCC(O)CCO)ccc2C(=O)c2c1oc1ccncc21. The van der Waals surface area contributed by atoms with Crippen LogP contribution in [0, 0.1) is 0 Å². The normalized spacial score (nSPS) is 16.1. The summed E-state index contributed by atoms with van der Waals surface area (Å²) in [5.41, 5.74) is 2.12. The molecule has 0 bridgehead atoms. The van der Waals surface area contributed by atoms with Crippen molar-refractivity contribution >= 4 is 16.8 Å². The molecule has 0 saturated heterocycles. The fourth-order valence-corrected chi connectivity index (χ4v) is 3.62. The van der Waals surface area contributed by atoms with Gasteiger partial charge in [-0.05, 0) is 50.1 Å². The third-order valence-electron chi connectivity index (χ3n) is 5.10. The first-order chi connectivity index (χ1) is 12.9. The van der Waals surface area contributed by atoms with E-state index in [1.807, 2.05) is 19.9 Å². The van der Waals surface area contributed by atoms with E-state index in [1.165, 1.54) is 0 Å². The molecule has 4 rings (SSSR count). The first kappa shape index (κ1) is 17.7.